The molecule has 1 aliphatic carbocycles. The van der Waals surface area contributed by atoms with Crippen LogP contribution in [0.25, 0.3) is 10.9 Å². The van der Waals surface area contributed by atoms with Gasteiger partial charge in [-0.1, -0.05) is 18.2 Å². The van der Waals surface area contributed by atoms with Crippen LogP contribution in [0.3, 0.4) is 0 Å². The fourth-order valence-electron chi connectivity index (χ4n) is 2.86. The Hall–Kier alpha value is -3.13. The highest BCUT2D eigenvalue weighted by Gasteiger charge is 2.29. The van der Waals surface area contributed by atoms with Crippen molar-refractivity contribution in [2.75, 3.05) is 11.4 Å². The van der Waals surface area contributed by atoms with Crippen LogP contribution in [0.2, 0.25) is 0 Å². The van der Waals surface area contributed by atoms with Crippen LogP contribution < -0.4 is 4.90 Å². The largest absolute Gasteiger partial charge is 0.349 e. The summed E-state index contributed by atoms with van der Waals surface area (Å²) in [6.45, 7) is 0.677. The molecule has 0 bridgehead atoms. The number of para-hydroxylation sites is 1. The first-order valence-corrected chi connectivity index (χ1v) is 8.01. The minimum atomic E-state index is -0.110. The number of nitriles is 1. The highest BCUT2D eigenvalue weighted by atomic mass is 16.2. The zero-order valence-electron chi connectivity index (χ0n) is 13.1. The van der Waals surface area contributed by atoms with Gasteiger partial charge in [-0.2, -0.15) is 5.26 Å². The van der Waals surface area contributed by atoms with Crippen LogP contribution in [0.4, 0.5) is 5.82 Å². The van der Waals surface area contributed by atoms with Gasteiger partial charge >= 0.3 is 0 Å². The van der Waals surface area contributed by atoms with Gasteiger partial charge in [0, 0.05) is 18.1 Å². The van der Waals surface area contributed by atoms with Crippen molar-refractivity contribution in [1.82, 2.24) is 9.97 Å². The van der Waals surface area contributed by atoms with E-state index in [9.17, 15) is 10.1 Å². The maximum absolute atomic E-state index is 13.0. The molecule has 1 aliphatic rings. The predicted molar refractivity (Wildman–Crippen MR) is 91.7 cm³/mol. The molecule has 4 rings (SSSR count). The Morgan fingerprint density at radius 3 is 2.88 bits per heavy atom. The molecule has 2 heterocycles. The summed E-state index contributed by atoms with van der Waals surface area (Å²) >= 11 is 0. The minimum absolute atomic E-state index is 0.110. The number of hydrogen-bond donors (Lipinski definition) is 1. The summed E-state index contributed by atoms with van der Waals surface area (Å²) in [5.74, 6) is 1.10. The van der Waals surface area contributed by atoms with E-state index in [1.54, 1.807) is 23.2 Å². The third-order valence-electron chi connectivity index (χ3n) is 4.32. The lowest BCUT2D eigenvalue weighted by atomic mass is 10.1. The standard InChI is InChI=1S/C19H16N4O/c20-11-15-5-3-4-14-10-16(22-18(14)15)19(24)23(12-13-7-8-13)17-6-1-2-9-21-17/h1-6,9-10,13,22H,7-8,12H2. The number of nitrogens with one attached hydrogen (secondary N) is 1. The van der Waals surface area contributed by atoms with Crippen molar-refractivity contribution < 1.29 is 4.79 Å². The number of amides is 1. The van der Waals surface area contributed by atoms with E-state index in [0.717, 1.165) is 18.2 Å². The monoisotopic (exact) mass is 316 g/mol. The van der Waals surface area contributed by atoms with Gasteiger partial charge in [-0.25, -0.2) is 4.98 Å². The Bertz CT molecular complexity index is 935. The van der Waals surface area contributed by atoms with E-state index in [4.69, 9.17) is 0 Å². The number of nitrogens with zero attached hydrogens (tertiary/aromatic N) is 3. The van der Waals surface area contributed by atoms with Gasteiger partial charge in [0.1, 0.15) is 17.6 Å². The average Bonchev–Trinajstić information content (AvgIpc) is 3.34. The molecular weight excluding hydrogens is 300 g/mol. The van der Waals surface area contributed by atoms with Crippen molar-refractivity contribution in [1.29, 1.82) is 5.26 Å². The van der Waals surface area contributed by atoms with Gasteiger partial charge in [0.15, 0.2) is 0 Å². The maximum Gasteiger partial charge on any atom is 0.275 e. The molecule has 0 atom stereocenters. The van der Waals surface area contributed by atoms with Crippen LogP contribution in [0.5, 0.6) is 0 Å². The first-order valence-electron chi connectivity index (χ1n) is 8.01. The van der Waals surface area contributed by atoms with Crippen LogP contribution >= 0.6 is 0 Å². The lowest BCUT2D eigenvalue weighted by molar-refractivity contribution is 0.0981. The molecule has 1 aromatic carbocycles. The number of carbonyl (C=O) groups is 1. The van der Waals surface area contributed by atoms with Crippen molar-refractivity contribution in [3.63, 3.8) is 0 Å². The second-order valence-corrected chi connectivity index (χ2v) is 6.11. The quantitative estimate of drug-likeness (QED) is 0.800. The number of anilines is 1. The number of fused-ring (bicyclic) bond motifs is 1. The number of benzene rings is 1. The number of aromatic nitrogens is 2. The van der Waals surface area contributed by atoms with Gasteiger partial charge in [-0.3, -0.25) is 9.69 Å². The SMILES string of the molecule is N#Cc1cccc2cc(C(=O)N(CC3CC3)c3ccccn3)[nH]c12. The van der Waals surface area contributed by atoms with Crippen molar-refractivity contribution >= 4 is 22.6 Å². The second-order valence-electron chi connectivity index (χ2n) is 6.11. The topological polar surface area (TPSA) is 72.8 Å². The van der Waals surface area contributed by atoms with E-state index in [2.05, 4.69) is 16.0 Å². The fourth-order valence-corrected chi connectivity index (χ4v) is 2.86. The Labute approximate surface area is 139 Å². The number of pyridine rings is 1. The molecule has 0 spiro atoms. The second kappa shape index (κ2) is 5.82. The number of rotatable bonds is 4. The van der Waals surface area contributed by atoms with E-state index < -0.39 is 0 Å². The maximum atomic E-state index is 13.0. The van der Waals surface area contributed by atoms with Crippen molar-refractivity contribution in [3.05, 3.63) is 59.9 Å². The Balaban J connectivity index is 1.73. The minimum Gasteiger partial charge on any atom is -0.349 e. The predicted octanol–water partition coefficient (Wildman–Crippen LogP) is 3.49. The van der Waals surface area contributed by atoms with Crippen molar-refractivity contribution in [3.8, 4) is 6.07 Å². The molecule has 24 heavy (non-hydrogen) atoms. The van der Waals surface area contributed by atoms with E-state index >= 15 is 0 Å². The van der Waals surface area contributed by atoms with Gasteiger partial charge in [0.25, 0.3) is 5.91 Å². The summed E-state index contributed by atoms with van der Waals surface area (Å²) in [5.41, 5.74) is 1.73. The van der Waals surface area contributed by atoms with Crippen LogP contribution in [0.15, 0.2) is 48.7 Å². The van der Waals surface area contributed by atoms with Gasteiger partial charge in [0.2, 0.25) is 0 Å². The third-order valence-corrected chi connectivity index (χ3v) is 4.32. The highest BCUT2D eigenvalue weighted by Crippen LogP contribution is 2.32. The zero-order valence-corrected chi connectivity index (χ0v) is 13.1. The molecule has 1 fully saturated rings. The number of carbonyl (C=O) groups excluding carboxylic acids is 1. The van der Waals surface area contributed by atoms with Gasteiger partial charge in [0.05, 0.1) is 11.1 Å². The number of H-pyrrole nitrogens is 1. The van der Waals surface area contributed by atoms with Gasteiger partial charge in [-0.15, -0.1) is 0 Å². The summed E-state index contributed by atoms with van der Waals surface area (Å²) in [6.07, 6.45) is 4.01. The highest BCUT2D eigenvalue weighted by molar-refractivity contribution is 6.07. The summed E-state index contributed by atoms with van der Waals surface area (Å²) < 4.78 is 0. The van der Waals surface area contributed by atoms with Crippen LogP contribution in [0, 0.1) is 17.2 Å². The Kier molecular flexibility index (Phi) is 3.51. The molecular formula is C19H16N4O. The molecule has 1 N–H and O–H groups in total. The molecule has 118 valence electrons. The molecule has 1 saturated carbocycles. The van der Waals surface area contributed by atoms with E-state index in [1.807, 2.05) is 30.3 Å². The van der Waals surface area contributed by atoms with E-state index in [-0.39, 0.29) is 5.91 Å². The average molecular weight is 316 g/mol. The van der Waals surface area contributed by atoms with Gasteiger partial charge in [-0.05, 0) is 43.0 Å². The number of hydrogen-bond acceptors (Lipinski definition) is 3. The molecule has 5 nitrogen and oxygen atoms in total. The van der Waals surface area contributed by atoms with E-state index in [0.29, 0.717) is 35.1 Å². The number of aromatic amines is 1. The molecule has 1 amide bonds. The van der Waals surface area contributed by atoms with E-state index in [1.165, 1.54) is 0 Å². The van der Waals surface area contributed by atoms with Crippen LogP contribution in [-0.4, -0.2) is 22.4 Å². The molecule has 0 saturated heterocycles. The Morgan fingerprint density at radius 2 is 2.17 bits per heavy atom. The Morgan fingerprint density at radius 1 is 1.29 bits per heavy atom. The first kappa shape index (κ1) is 14.5. The zero-order chi connectivity index (χ0) is 16.5. The summed E-state index contributed by atoms with van der Waals surface area (Å²) in [6, 6.07) is 15.0. The molecule has 0 radical (unpaired) electrons. The summed E-state index contributed by atoms with van der Waals surface area (Å²) in [7, 11) is 0. The molecule has 0 unspecified atom stereocenters. The lowest BCUT2D eigenvalue weighted by Gasteiger charge is -2.20. The normalized spacial score (nSPS) is 13.6. The third kappa shape index (κ3) is 2.63. The van der Waals surface area contributed by atoms with Crippen LogP contribution in [0.1, 0.15) is 28.9 Å². The first-order chi connectivity index (χ1) is 11.8. The van der Waals surface area contributed by atoms with Crippen molar-refractivity contribution in [2.45, 2.75) is 12.8 Å². The summed E-state index contributed by atoms with van der Waals surface area (Å²) in [5, 5.41) is 10.1. The van der Waals surface area contributed by atoms with Gasteiger partial charge < -0.3 is 4.98 Å². The smallest absolute Gasteiger partial charge is 0.275 e. The molecule has 3 aromatic rings. The molecule has 2 aromatic heterocycles. The van der Waals surface area contributed by atoms with Crippen molar-refractivity contribution in [2.24, 2.45) is 5.92 Å². The lowest BCUT2D eigenvalue weighted by Crippen LogP contribution is -2.33. The molecule has 5 heteroatoms. The summed E-state index contributed by atoms with van der Waals surface area (Å²) in [4.78, 5) is 22.2. The fraction of sp³-hybridized carbons (Fsp3) is 0.211. The molecule has 0 aliphatic heterocycles. The van der Waals surface area contributed by atoms with Crippen LogP contribution in [-0.2, 0) is 0 Å².